The number of nitrogens with two attached hydrogens (primary N) is 1. The molecule has 0 unspecified atom stereocenters. The largest absolute Gasteiger partial charge is 0.367 e. The number of rotatable bonds is 1. The van der Waals surface area contributed by atoms with Crippen LogP contribution < -0.4 is 5.73 Å². The molecule has 56 valence electrons. The van der Waals surface area contributed by atoms with Crippen molar-refractivity contribution in [2.45, 2.75) is 25.6 Å². The molecule has 2 N–H and O–H groups in total. The molecule has 0 aromatic carbocycles. The number of primary amides is 1. The molecular weight excluding hydrogens is 130 g/mol. The fourth-order valence-corrected chi connectivity index (χ4v) is 0.937. The molecule has 0 fully saturated rings. The van der Waals surface area contributed by atoms with Gasteiger partial charge in [-0.2, -0.15) is 0 Å². The molecule has 0 spiro atoms. The van der Waals surface area contributed by atoms with Crippen LogP contribution in [0.25, 0.3) is 0 Å². The van der Waals surface area contributed by atoms with Crippen molar-refractivity contribution < 1.29 is 9.53 Å². The second kappa shape index (κ2) is 2.84. The van der Waals surface area contributed by atoms with E-state index in [0.717, 1.165) is 0 Å². The first-order chi connectivity index (χ1) is 4.70. The normalized spacial score (nSPS) is 32.1. The molecule has 10 heavy (non-hydrogen) atoms. The van der Waals surface area contributed by atoms with Crippen molar-refractivity contribution in [1.29, 1.82) is 0 Å². The fraction of sp³-hybridized carbons (Fsp3) is 0.571. The lowest BCUT2D eigenvalue weighted by Gasteiger charge is -2.20. The van der Waals surface area contributed by atoms with Crippen LogP contribution in [0, 0.1) is 0 Å². The van der Waals surface area contributed by atoms with E-state index in [1.807, 2.05) is 19.1 Å². The highest BCUT2D eigenvalue weighted by Gasteiger charge is 2.19. The van der Waals surface area contributed by atoms with E-state index in [9.17, 15) is 4.79 Å². The molecule has 2 atom stereocenters. The van der Waals surface area contributed by atoms with E-state index < -0.39 is 6.10 Å². The van der Waals surface area contributed by atoms with Gasteiger partial charge in [-0.15, -0.1) is 0 Å². The molecule has 0 aromatic rings. The van der Waals surface area contributed by atoms with Crippen molar-refractivity contribution >= 4 is 5.91 Å². The summed E-state index contributed by atoms with van der Waals surface area (Å²) >= 11 is 0. The zero-order valence-corrected chi connectivity index (χ0v) is 5.91. The second-order valence-electron chi connectivity index (χ2n) is 2.40. The Morgan fingerprint density at radius 2 is 2.50 bits per heavy atom. The second-order valence-corrected chi connectivity index (χ2v) is 2.40. The number of amides is 1. The lowest BCUT2D eigenvalue weighted by Crippen LogP contribution is -2.34. The van der Waals surface area contributed by atoms with Crippen molar-refractivity contribution in [2.24, 2.45) is 5.73 Å². The van der Waals surface area contributed by atoms with Gasteiger partial charge in [0.2, 0.25) is 5.91 Å². The molecule has 1 amide bonds. The van der Waals surface area contributed by atoms with Gasteiger partial charge in [-0.25, -0.2) is 0 Å². The maximum atomic E-state index is 10.6. The Morgan fingerprint density at radius 1 is 1.80 bits per heavy atom. The summed E-state index contributed by atoms with van der Waals surface area (Å²) in [7, 11) is 0. The molecule has 0 saturated heterocycles. The minimum Gasteiger partial charge on any atom is -0.367 e. The molecule has 0 bridgehead atoms. The lowest BCUT2D eigenvalue weighted by atomic mass is 10.1. The van der Waals surface area contributed by atoms with Gasteiger partial charge in [0, 0.05) is 6.42 Å². The van der Waals surface area contributed by atoms with Crippen LogP contribution in [0.1, 0.15) is 13.3 Å². The van der Waals surface area contributed by atoms with Crippen LogP contribution in [-0.2, 0) is 9.53 Å². The summed E-state index contributed by atoms with van der Waals surface area (Å²) in [4.78, 5) is 10.6. The van der Waals surface area contributed by atoms with Crippen molar-refractivity contribution in [2.75, 3.05) is 0 Å². The van der Waals surface area contributed by atoms with Crippen LogP contribution in [0.2, 0.25) is 0 Å². The van der Waals surface area contributed by atoms with Gasteiger partial charge in [0.1, 0.15) is 6.10 Å². The lowest BCUT2D eigenvalue weighted by molar-refractivity contribution is -0.131. The number of hydrogen-bond acceptors (Lipinski definition) is 2. The summed E-state index contributed by atoms with van der Waals surface area (Å²) in [5.74, 6) is -0.379. The molecule has 3 heteroatoms. The summed E-state index contributed by atoms with van der Waals surface area (Å²) in [6.07, 6.45) is 4.05. The smallest absolute Gasteiger partial charge is 0.246 e. The molecule has 1 aliphatic rings. The van der Waals surface area contributed by atoms with Crippen LogP contribution in [0.4, 0.5) is 0 Å². The minimum absolute atomic E-state index is 0.0197. The van der Waals surface area contributed by atoms with E-state index in [-0.39, 0.29) is 12.0 Å². The fourth-order valence-electron chi connectivity index (χ4n) is 0.937. The first-order valence-electron chi connectivity index (χ1n) is 3.31. The van der Waals surface area contributed by atoms with Gasteiger partial charge in [-0.3, -0.25) is 4.79 Å². The maximum Gasteiger partial charge on any atom is 0.246 e. The van der Waals surface area contributed by atoms with Crippen LogP contribution in [0.5, 0.6) is 0 Å². The summed E-state index contributed by atoms with van der Waals surface area (Å²) in [5, 5.41) is 0. The summed E-state index contributed by atoms with van der Waals surface area (Å²) < 4.78 is 5.19. The molecule has 0 aliphatic carbocycles. The molecule has 0 aromatic heterocycles. The third-order valence-electron chi connectivity index (χ3n) is 1.45. The molecular formula is C7H11NO2. The van der Waals surface area contributed by atoms with Gasteiger partial charge in [0.15, 0.2) is 0 Å². The van der Waals surface area contributed by atoms with Gasteiger partial charge in [0.05, 0.1) is 6.10 Å². The number of carbonyl (C=O) groups excluding carboxylic acids is 1. The molecule has 0 saturated carbocycles. The first-order valence-corrected chi connectivity index (χ1v) is 3.31. The van der Waals surface area contributed by atoms with Gasteiger partial charge < -0.3 is 10.5 Å². The van der Waals surface area contributed by atoms with E-state index in [0.29, 0.717) is 6.42 Å². The Morgan fingerprint density at radius 3 is 2.90 bits per heavy atom. The summed E-state index contributed by atoms with van der Waals surface area (Å²) in [6.45, 7) is 1.88. The molecule has 3 nitrogen and oxygen atoms in total. The summed E-state index contributed by atoms with van der Waals surface area (Å²) in [6, 6.07) is 0. The highest BCUT2D eigenvalue weighted by molar-refractivity contribution is 5.79. The molecule has 1 rings (SSSR count). The van der Waals surface area contributed by atoms with Crippen LogP contribution in [0.3, 0.4) is 0 Å². The number of carbonyl (C=O) groups is 1. The van der Waals surface area contributed by atoms with Crippen LogP contribution in [-0.4, -0.2) is 18.1 Å². The van der Waals surface area contributed by atoms with Crippen molar-refractivity contribution in [3.05, 3.63) is 12.2 Å². The molecule has 1 heterocycles. The third kappa shape index (κ3) is 1.57. The average Bonchev–Trinajstić information content (AvgIpc) is 1.88. The maximum absolute atomic E-state index is 10.6. The molecule has 0 radical (unpaired) electrons. The zero-order valence-electron chi connectivity index (χ0n) is 5.91. The first kappa shape index (κ1) is 7.28. The van der Waals surface area contributed by atoms with Crippen LogP contribution >= 0.6 is 0 Å². The van der Waals surface area contributed by atoms with E-state index in [1.165, 1.54) is 0 Å². The quantitative estimate of drug-likeness (QED) is 0.530. The predicted molar refractivity (Wildman–Crippen MR) is 37.3 cm³/mol. The Labute approximate surface area is 59.8 Å². The Bertz CT molecular complexity index is 165. The zero-order chi connectivity index (χ0) is 7.56. The van der Waals surface area contributed by atoms with Crippen molar-refractivity contribution in [3.8, 4) is 0 Å². The standard InChI is InChI=1S/C7H11NO2/c1-5-3-2-4-6(10-5)7(8)9/h2-3,5-6H,4H2,1H3,(H2,8,9)/t5-,6-/m0/s1. The Hall–Kier alpha value is -0.830. The predicted octanol–water partition coefficient (Wildman–Crippen LogP) is 0.205. The van der Waals surface area contributed by atoms with Crippen molar-refractivity contribution in [1.82, 2.24) is 0 Å². The highest BCUT2D eigenvalue weighted by atomic mass is 16.5. The van der Waals surface area contributed by atoms with Crippen LogP contribution in [0.15, 0.2) is 12.2 Å². The Balaban J connectivity index is 2.52. The van der Waals surface area contributed by atoms with E-state index >= 15 is 0 Å². The molecule has 1 aliphatic heterocycles. The average molecular weight is 141 g/mol. The van der Waals surface area contributed by atoms with E-state index in [2.05, 4.69) is 0 Å². The van der Waals surface area contributed by atoms with E-state index in [4.69, 9.17) is 10.5 Å². The number of ether oxygens (including phenoxy) is 1. The van der Waals surface area contributed by atoms with Gasteiger partial charge in [-0.1, -0.05) is 12.2 Å². The Kier molecular flexibility index (Phi) is 2.06. The third-order valence-corrected chi connectivity index (χ3v) is 1.45. The van der Waals surface area contributed by atoms with E-state index in [1.54, 1.807) is 0 Å². The van der Waals surface area contributed by atoms with Crippen molar-refractivity contribution in [3.63, 3.8) is 0 Å². The monoisotopic (exact) mass is 141 g/mol. The summed E-state index contributed by atoms with van der Waals surface area (Å²) in [5.41, 5.74) is 5.03. The SMILES string of the molecule is C[C@H]1C=CC[C@@H](C(N)=O)O1. The van der Waals surface area contributed by atoms with Gasteiger partial charge >= 0.3 is 0 Å². The highest BCUT2D eigenvalue weighted by Crippen LogP contribution is 2.10. The van der Waals surface area contributed by atoms with Gasteiger partial charge in [0.25, 0.3) is 0 Å². The minimum atomic E-state index is -0.417. The van der Waals surface area contributed by atoms with Gasteiger partial charge in [-0.05, 0) is 6.92 Å². The number of hydrogen-bond donors (Lipinski definition) is 1. The topological polar surface area (TPSA) is 52.3 Å².